The summed E-state index contributed by atoms with van der Waals surface area (Å²) in [6.07, 6.45) is 1.89. The molecule has 0 aliphatic rings. The average Bonchev–Trinajstić information content (AvgIpc) is 2.36. The van der Waals surface area contributed by atoms with Gasteiger partial charge < -0.3 is 5.11 Å². The minimum absolute atomic E-state index is 0.331. The minimum atomic E-state index is -0.879. The number of carbonyl (C=O) groups is 1. The first-order valence-corrected chi connectivity index (χ1v) is 5.69. The zero-order chi connectivity index (χ0) is 13.5. The SMILES string of the molecule is Cc1cnc(C)c(C)c1.O=C(O)c1ccccc1. The van der Waals surface area contributed by atoms with Crippen molar-refractivity contribution < 1.29 is 9.90 Å². The van der Waals surface area contributed by atoms with Crippen LogP contribution in [0, 0.1) is 20.8 Å². The van der Waals surface area contributed by atoms with Gasteiger partial charge in [-0.3, -0.25) is 4.98 Å². The number of carboxylic acids is 1. The smallest absolute Gasteiger partial charge is 0.335 e. The second-order valence-electron chi connectivity index (χ2n) is 4.09. The van der Waals surface area contributed by atoms with Crippen LogP contribution in [0.1, 0.15) is 27.2 Å². The Hall–Kier alpha value is -2.16. The fourth-order valence-corrected chi connectivity index (χ4v) is 1.36. The van der Waals surface area contributed by atoms with Gasteiger partial charge in [0.2, 0.25) is 0 Å². The molecule has 3 nitrogen and oxygen atoms in total. The maximum Gasteiger partial charge on any atom is 0.335 e. The highest BCUT2D eigenvalue weighted by Gasteiger charge is 1.96. The number of aromatic nitrogens is 1. The first-order chi connectivity index (χ1) is 8.50. The molecular formula is C15H17NO2. The number of hydrogen-bond acceptors (Lipinski definition) is 2. The molecular weight excluding hydrogens is 226 g/mol. The lowest BCUT2D eigenvalue weighted by atomic mass is 10.2. The number of carboxylic acid groups (broad SMARTS) is 1. The lowest BCUT2D eigenvalue weighted by molar-refractivity contribution is 0.0697. The third-order valence-corrected chi connectivity index (χ3v) is 2.50. The summed E-state index contributed by atoms with van der Waals surface area (Å²) in [5.41, 5.74) is 3.96. The van der Waals surface area contributed by atoms with E-state index in [0.29, 0.717) is 5.56 Å². The quantitative estimate of drug-likeness (QED) is 0.835. The second kappa shape index (κ2) is 6.55. The number of aromatic carboxylic acids is 1. The van der Waals surface area contributed by atoms with Crippen LogP contribution in [0.2, 0.25) is 0 Å². The van der Waals surface area contributed by atoms with E-state index in [-0.39, 0.29) is 0 Å². The fourth-order valence-electron chi connectivity index (χ4n) is 1.36. The third-order valence-electron chi connectivity index (χ3n) is 2.50. The zero-order valence-corrected chi connectivity index (χ0v) is 10.8. The van der Waals surface area contributed by atoms with Gasteiger partial charge in [0.05, 0.1) is 5.56 Å². The van der Waals surface area contributed by atoms with Crippen molar-refractivity contribution >= 4 is 5.97 Å². The largest absolute Gasteiger partial charge is 0.478 e. The van der Waals surface area contributed by atoms with E-state index in [1.54, 1.807) is 30.3 Å². The normalized spacial score (nSPS) is 9.28. The molecule has 2 aromatic rings. The van der Waals surface area contributed by atoms with E-state index in [9.17, 15) is 4.79 Å². The van der Waals surface area contributed by atoms with Crippen molar-refractivity contribution in [1.29, 1.82) is 0 Å². The fraction of sp³-hybridized carbons (Fsp3) is 0.200. The van der Waals surface area contributed by atoms with Crippen LogP contribution in [-0.4, -0.2) is 16.1 Å². The summed E-state index contributed by atoms with van der Waals surface area (Å²) in [6, 6.07) is 10.4. The lowest BCUT2D eigenvalue weighted by Gasteiger charge is -1.97. The molecule has 1 aromatic carbocycles. The van der Waals surface area contributed by atoms with Gasteiger partial charge in [0.25, 0.3) is 0 Å². The van der Waals surface area contributed by atoms with Gasteiger partial charge in [0.15, 0.2) is 0 Å². The van der Waals surface area contributed by atoms with E-state index in [4.69, 9.17) is 5.11 Å². The van der Waals surface area contributed by atoms with E-state index in [1.807, 2.05) is 13.1 Å². The molecule has 0 saturated heterocycles. The molecule has 0 fully saturated rings. The standard InChI is InChI=1S/C8H11N.C7H6O2/c1-6-4-7(2)8(3)9-5-6;8-7(9)6-4-2-1-3-5-6/h4-5H,1-3H3;1-5H,(H,8,9). The predicted molar refractivity (Wildman–Crippen MR) is 71.8 cm³/mol. The van der Waals surface area contributed by atoms with Gasteiger partial charge in [0.1, 0.15) is 0 Å². The van der Waals surface area contributed by atoms with Gasteiger partial charge in [-0.2, -0.15) is 0 Å². The maximum absolute atomic E-state index is 10.2. The van der Waals surface area contributed by atoms with Crippen molar-refractivity contribution in [3.63, 3.8) is 0 Å². The number of pyridine rings is 1. The Bertz CT molecular complexity index is 521. The molecule has 0 unspecified atom stereocenters. The summed E-state index contributed by atoms with van der Waals surface area (Å²) in [7, 11) is 0. The Morgan fingerprint density at radius 2 is 1.72 bits per heavy atom. The summed E-state index contributed by atoms with van der Waals surface area (Å²) < 4.78 is 0. The summed E-state index contributed by atoms with van der Waals surface area (Å²) in [5.74, 6) is -0.879. The highest BCUT2D eigenvalue weighted by atomic mass is 16.4. The maximum atomic E-state index is 10.2. The highest BCUT2D eigenvalue weighted by Crippen LogP contribution is 2.03. The van der Waals surface area contributed by atoms with E-state index in [2.05, 4.69) is 24.9 Å². The van der Waals surface area contributed by atoms with E-state index in [0.717, 1.165) is 5.69 Å². The number of hydrogen-bond donors (Lipinski definition) is 1. The molecule has 0 saturated carbocycles. The first kappa shape index (κ1) is 13.9. The molecule has 0 aliphatic carbocycles. The molecule has 1 heterocycles. The van der Waals surface area contributed by atoms with Crippen LogP contribution in [-0.2, 0) is 0 Å². The van der Waals surface area contributed by atoms with Gasteiger partial charge >= 0.3 is 5.97 Å². The molecule has 3 heteroatoms. The van der Waals surface area contributed by atoms with Gasteiger partial charge in [-0.15, -0.1) is 0 Å². The van der Waals surface area contributed by atoms with Crippen molar-refractivity contribution in [3.8, 4) is 0 Å². The Balaban J connectivity index is 0.000000180. The van der Waals surface area contributed by atoms with Crippen LogP contribution >= 0.6 is 0 Å². The second-order valence-corrected chi connectivity index (χ2v) is 4.09. The molecule has 0 aliphatic heterocycles. The van der Waals surface area contributed by atoms with E-state index in [1.165, 1.54) is 11.1 Å². The van der Waals surface area contributed by atoms with Crippen molar-refractivity contribution in [3.05, 3.63) is 65.0 Å². The van der Waals surface area contributed by atoms with Crippen molar-refractivity contribution in [2.45, 2.75) is 20.8 Å². The van der Waals surface area contributed by atoms with Crippen molar-refractivity contribution in [2.75, 3.05) is 0 Å². The molecule has 18 heavy (non-hydrogen) atoms. The van der Waals surface area contributed by atoms with Gasteiger partial charge in [-0.1, -0.05) is 24.3 Å². The molecule has 0 amide bonds. The van der Waals surface area contributed by atoms with Crippen LogP contribution < -0.4 is 0 Å². The summed E-state index contributed by atoms with van der Waals surface area (Å²) in [6.45, 7) is 6.16. The Morgan fingerprint density at radius 1 is 1.11 bits per heavy atom. The van der Waals surface area contributed by atoms with Crippen molar-refractivity contribution in [2.24, 2.45) is 0 Å². The minimum Gasteiger partial charge on any atom is -0.478 e. The molecule has 0 atom stereocenters. The van der Waals surface area contributed by atoms with Gasteiger partial charge in [-0.05, 0) is 44.0 Å². The van der Waals surface area contributed by atoms with Crippen LogP contribution in [0.3, 0.4) is 0 Å². The Morgan fingerprint density at radius 3 is 2.11 bits per heavy atom. The van der Waals surface area contributed by atoms with Crippen LogP contribution in [0.4, 0.5) is 0 Å². The number of benzene rings is 1. The molecule has 1 N–H and O–H groups in total. The molecule has 1 aromatic heterocycles. The zero-order valence-electron chi connectivity index (χ0n) is 10.8. The van der Waals surface area contributed by atoms with Crippen LogP contribution in [0.15, 0.2) is 42.6 Å². The summed E-state index contributed by atoms with van der Waals surface area (Å²) in [5, 5.41) is 8.38. The average molecular weight is 243 g/mol. The van der Waals surface area contributed by atoms with Gasteiger partial charge in [-0.25, -0.2) is 4.79 Å². The molecule has 2 rings (SSSR count). The van der Waals surface area contributed by atoms with E-state index >= 15 is 0 Å². The Kier molecular flexibility index (Phi) is 5.06. The predicted octanol–water partition coefficient (Wildman–Crippen LogP) is 3.39. The lowest BCUT2D eigenvalue weighted by Crippen LogP contribution is -1.93. The molecule has 0 spiro atoms. The summed E-state index contributed by atoms with van der Waals surface area (Å²) in [4.78, 5) is 14.4. The molecule has 94 valence electrons. The number of rotatable bonds is 1. The molecule has 0 bridgehead atoms. The van der Waals surface area contributed by atoms with E-state index < -0.39 is 5.97 Å². The first-order valence-electron chi connectivity index (χ1n) is 5.69. The number of aryl methyl sites for hydroxylation is 3. The van der Waals surface area contributed by atoms with Crippen molar-refractivity contribution in [1.82, 2.24) is 4.98 Å². The van der Waals surface area contributed by atoms with Crippen LogP contribution in [0.25, 0.3) is 0 Å². The molecule has 0 radical (unpaired) electrons. The number of nitrogens with zero attached hydrogens (tertiary/aromatic N) is 1. The Labute approximate surface area is 107 Å². The third kappa shape index (κ3) is 4.37. The topological polar surface area (TPSA) is 50.2 Å². The van der Waals surface area contributed by atoms with Gasteiger partial charge in [0, 0.05) is 11.9 Å². The highest BCUT2D eigenvalue weighted by molar-refractivity contribution is 5.87. The summed E-state index contributed by atoms with van der Waals surface area (Å²) >= 11 is 0. The monoisotopic (exact) mass is 243 g/mol. The van der Waals surface area contributed by atoms with Crippen LogP contribution in [0.5, 0.6) is 0 Å².